The summed E-state index contributed by atoms with van der Waals surface area (Å²) in [5, 5.41) is 2.11. The molecule has 0 aliphatic carbocycles. The van der Waals surface area contributed by atoms with Gasteiger partial charge in [-0.05, 0) is 47.0 Å². The molecule has 0 amide bonds. The van der Waals surface area contributed by atoms with Crippen molar-refractivity contribution in [2.45, 2.75) is 51.9 Å². The Morgan fingerprint density at radius 3 is 1.58 bits per heavy atom. The molecule has 2 aromatic carbocycles. The zero-order valence-corrected chi connectivity index (χ0v) is 20.0. The third-order valence-electron chi connectivity index (χ3n) is 3.57. The summed E-state index contributed by atoms with van der Waals surface area (Å²) in [4.78, 5) is 0. The molecule has 0 fully saturated rings. The molecule has 26 heavy (non-hydrogen) atoms. The molecule has 0 aliphatic rings. The van der Waals surface area contributed by atoms with Crippen molar-refractivity contribution in [3.05, 3.63) is 74.9 Å². The summed E-state index contributed by atoms with van der Waals surface area (Å²) in [5.74, 6) is 0. The van der Waals surface area contributed by atoms with Crippen LogP contribution in [0.25, 0.3) is 11.1 Å². The van der Waals surface area contributed by atoms with Crippen LogP contribution in [0, 0.1) is 20.3 Å². The standard InChI is InChI=1S/C20H27P.C3H5.ClH.Pd/c1-19(2,3)21(20(4,5)6)18-15-11-10-14-17(18)16-12-8-7-9-13-16;1-3-2;;/h7-15H,1-6H3;3H,1-2H2;1H;/q;;;+2/p-1. The molecule has 2 rings (SSSR count). The summed E-state index contributed by atoms with van der Waals surface area (Å²) < 4.78 is 0. The second kappa shape index (κ2) is 12.3. The van der Waals surface area contributed by atoms with Crippen molar-refractivity contribution in [3.8, 4) is 11.1 Å². The molecule has 3 heteroatoms. The van der Waals surface area contributed by atoms with Gasteiger partial charge in [0.25, 0.3) is 0 Å². The van der Waals surface area contributed by atoms with Crippen LogP contribution in [0.5, 0.6) is 0 Å². The van der Waals surface area contributed by atoms with Crippen molar-refractivity contribution in [1.82, 2.24) is 0 Å². The van der Waals surface area contributed by atoms with Gasteiger partial charge in [0.15, 0.2) is 0 Å². The molecule has 0 spiro atoms. The van der Waals surface area contributed by atoms with E-state index < -0.39 is 0 Å². The maximum absolute atomic E-state index is 4.49. The summed E-state index contributed by atoms with van der Waals surface area (Å²) in [5.41, 5.74) is 2.73. The first-order chi connectivity index (χ1) is 12.1. The molecule has 0 nitrogen and oxygen atoms in total. The van der Waals surface area contributed by atoms with E-state index in [4.69, 9.17) is 0 Å². The van der Waals surface area contributed by atoms with E-state index >= 15 is 0 Å². The SMILES string of the molecule is CC(C)(C)P(c1ccccc1-c1ccccc1)C(C)(C)C.[CH2][CH][CH2].[Cl][Pd+]. The van der Waals surface area contributed by atoms with Crippen LogP contribution in [0.1, 0.15) is 41.5 Å². The van der Waals surface area contributed by atoms with Crippen LogP contribution in [-0.4, -0.2) is 10.3 Å². The quantitative estimate of drug-likeness (QED) is 0.306. The van der Waals surface area contributed by atoms with Gasteiger partial charge in [-0.1, -0.05) is 104 Å². The van der Waals surface area contributed by atoms with Gasteiger partial charge < -0.3 is 0 Å². The van der Waals surface area contributed by atoms with Gasteiger partial charge in [0.1, 0.15) is 0 Å². The predicted molar refractivity (Wildman–Crippen MR) is 119 cm³/mol. The summed E-state index contributed by atoms with van der Waals surface area (Å²) in [7, 11) is 4.21. The van der Waals surface area contributed by atoms with Crippen molar-refractivity contribution in [2.75, 3.05) is 0 Å². The van der Waals surface area contributed by atoms with Crippen LogP contribution < -0.4 is 5.30 Å². The molecule has 145 valence electrons. The van der Waals surface area contributed by atoms with Crippen molar-refractivity contribution >= 4 is 22.8 Å². The number of rotatable bonds is 2. The molecule has 0 heterocycles. The van der Waals surface area contributed by atoms with Crippen molar-refractivity contribution in [2.24, 2.45) is 0 Å². The molecular formula is C23H32ClPPd+. The zero-order valence-electron chi connectivity index (χ0n) is 16.8. The first-order valence-electron chi connectivity index (χ1n) is 8.59. The van der Waals surface area contributed by atoms with E-state index in [2.05, 4.69) is 138 Å². The molecule has 0 saturated heterocycles. The second-order valence-electron chi connectivity index (χ2n) is 7.85. The molecule has 3 radical (unpaired) electrons. The van der Waals surface area contributed by atoms with Crippen LogP contribution in [0.15, 0.2) is 54.6 Å². The average Bonchev–Trinajstić information content (AvgIpc) is 2.56. The van der Waals surface area contributed by atoms with E-state index in [-0.39, 0.29) is 7.92 Å². The molecule has 2 aromatic rings. The Morgan fingerprint density at radius 1 is 0.769 bits per heavy atom. The predicted octanol–water partition coefficient (Wildman–Crippen LogP) is 7.60. The first kappa shape index (κ1) is 25.8. The summed E-state index contributed by atoms with van der Waals surface area (Å²) in [6.45, 7) is 20.8. The van der Waals surface area contributed by atoms with Crippen LogP contribution in [0.2, 0.25) is 0 Å². The summed E-state index contributed by atoms with van der Waals surface area (Å²) in [6, 6.07) is 19.7. The fourth-order valence-corrected chi connectivity index (χ4v) is 7.40. The Bertz CT molecular complexity index is 598. The van der Waals surface area contributed by atoms with Gasteiger partial charge in [0.2, 0.25) is 0 Å². The zero-order chi connectivity index (χ0) is 20.4. The number of hydrogen-bond acceptors (Lipinski definition) is 0. The third-order valence-corrected chi connectivity index (χ3v) is 7.13. The van der Waals surface area contributed by atoms with Crippen LogP contribution >= 0.6 is 17.5 Å². The first-order valence-corrected chi connectivity index (χ1v) is 11.9. The molecule has 0 bridgehead atoms. The van der Waals surface area contributed by atoms with Gasteiger partial charge in [0, 0.05) is 0 Å². The molecule has 0 N–H and O–H groups in total. The molecule has 0 aliphatic heterocycles. The van der Waals surface area contributed by atoms with Crippen molar-refractivity contribution in [1.29, 1.82) is 0 Å². The number of halogens is 1. The Hall–Kier alpha value is -0.178. The van der Waals surface area contributed by atoms with E-state index in [0.717, 1.165) is 0 Å². The molecule has 0 aromatic heterocycles. The normalized spacial score (nSPS) is 11.2. The minimum atomic E-state index is -0.282. The molecular weight excluding hydrogens is 449 g/mol. The van der Waals surface area contributed by atoms with E-state index in [1.165, 1.54) is 22.9 Å². The average molecular weight is 481 g/mol. The molecule has 0 atom stereocenters. The maximum atomic E-state index is 4.49. The molecule has 0 saturated carbocycles. The minimum absolute atomic E-state index is 0.282. The van der Waals surface area contributed by atoms with Gasteiger partial charge in [0.05, 0.1) is 0 Å². The van der Waals surface area contributed by atoms with Crippen molar-refractivity contribution < 1.29 is 18.2 Å². The van der Waals surface area contributed by atoms with Crippen LogP contribution in [-0.2, 0) is 18.2 Å². The van der Waals surface area contributed by atoms with Gasteiger partial charge in [-0.3, -0.25) is 0 Å². The van der Waals surface area contributed by atoms with Crippen LogP contribution in [0.3, 0.4) is 0 Å². The molecule has 0 unspecified atom stereocenters. The Morgan fingerprint density at radius 2 is 1.15 bits per heavy atom. The fourth-order valence-electron chi connectivity index (χ4n) is 3.26. The number of hydrogen-bond donors (Lipinski definition) is 0. The fraction of sp³-hybridized carbons (Fsp3) is 0.348. The van der Waals surface area contributed by atoms with Gasteiger partial charge in [-0.2, -0.15) is 0 Å². The topological polar surface area (TPSA) is 0 Å². The Balaban J connectivity index is 0.00000113. The van der Waals surface area contributed by atoms with E-state index in [1.807, 2.05) is 0 Å². The monoisotopic (exact) mass is 480 g/mol. The van der Waals surface area contributed by atoms with Gasteiger partial charge in [-0.25, -0.2) is 0 Å². The van der Waals surface area contributed by atoms with E-state index in [0.29, 0.717) is 10.3 Å². The van der Waals surface area contributed by atoms with Gasteiger partial charge in [-0.15, -0.1) is 0 Å². The Labute approximate surface area is 178 Å². The second-order valence-corrected chi connectivity index (χ2v) is 11.7. The van der Waals surface area contributed by atoms with Crippen molar-refractivity contribution in [3.63, 3.8) is 0 Å². The number of benzene rings is 2. The van der Waals surface area contributed by atoms with E-state index in [1.54, 1.807) is 0 Å². The van der Waals surface area contributed by atoms with E-state index in [9.17, 15) is 0 Å². The summed E-state index contributed by atoms with van der Waals surface area (Å²) >= 11 is 2.22. The third kappa shape index (κ3) is 8.23. The summed E-state index contributed by atoms with van der Waals surface area (Å²) in [6.07, 6.45) is 1.50. The van der Waals surface area contributed by atoms with Gasteiger partial charge >= 0.3 is 27.7 Å². The van der Waals surface area contributed by atoms with Crippen LogP contribution in [0.4, 0.5) is 0 Å². The Kier molecular flexibility index (Phi) is 12.2.